The molecule has 0 radical (unpaired) electrons. The first-order valence-corrected chi connectivity index (χ1v) is 7.83. The normalized spacial score (nSPS) is 11.7. The number of sulfonamides is 1. The molecule has 2 rings (SSSR count). The van der Waals surface area contributed by atoms with E-state index in [1.165, 1.54) is 38.4 Å². The third-order valence-electron chi connectivity index (χ3n) is 3.11. The number of halogens is 2. The predicted octanol–water partition coefficient (Wildman–Crippen LogP) is 2.79. The number of ether oxygens (including phenoxy) is 1. The fourth-order valence-corrected chi connectivity index (χ4v) is 3.32. The molecule has 0 bridgehead atoms. The molecule has 0 fully saturated rings. The number of hydrogen-bond donors (Lipinski definition) is 0. The molecule has 2 aromatic carbocycles. The molecule has 0 aliphatic carbocycles. The molecule has 22 heavy (non-hydrogen) atoms. The number of hydrogen-bond acceptors (Lipinski definition) is 3. The Morgan fingerprint density at radius 2 is 1.77 bits per heavy atom. The summed E-state index contributed by atoms with van der Waals surface area (Å²) < 4.78 is 57.6. The van der Waals surface area contributed by atoms with Gasteiger partial charge in [-0.25, -0.2) is 17.2 Å². The third-order valence-corrected chi connectivity index (χ3v) is 4.93. The van der Waals surface area contributed by atoms with E-state index in [-0.39, 0.29) is 17.2 Å². The Morgan fingerprint density at radius 3 is 2.41 bits per heavy atom. The van der Waals surface area contributed by atoms with Crippen LogP contribution in [0.4, 0.5) is 8.78 Å². The Morgan fingerprint density at radius 1 is 1.09 bits per heavy atom. The summed E-state index contributed by atoms with van der Waals surface area (Å²) in [5.74, 6) is -1.09. The van der Waals surface area contributed by atoms with Gasteiger partial charge in [0.05, 0.1) is 7.11 Å². The van der Waals surface area contributed by atoms with E-state index in [0.29, 0.717) is 5.56 Å². The van der Waals surface area contributed by atoms with Crippen molar-refractivity contribution in [3.63, 3.8) is 0 Å². The molecule has 0 heterocycles. The standard InChI is InChI=1S/C15H15F2NO3S/c1-18(10-11-4-3-5-12(16)8-11)22(19,20)15-9-13(17)6-7-14(15)21-2/h3-9H,10H2,1-2H3. The van der Waals surface area contributed by atoms with E-state index in [1.807, 2.05) is 0 Å². The minimum atomic E-state index is -3.97. The molecule has 7 heteroatoms. The summed E-state index contributed by atoms with van der Waals surface area (Å²) in [4.78, 5) is -0.270. The van der Waals surface area contributed by atoms with Gasteiger partial charge in [-0.3, -0.25) is 0 Å². The van der Waals surface area contributed by atoms with Crippen LogP contribution in [0, 0.1) is 11.6 Å². The van der Waals surface area contributed by atoms with E-state index in [1.54, 1.807) is 6.07 Å². The van der Waals surface area contributed by atoms with Crippen LogP contribution in [-0.4, -0.2) is 26.9 Å². The quantitative estimate of drug-likeness (QED) is 0.848. The Labute approximate surface area is 128 Å². The highest BCUT2D eigenvalue weighted by molar-refractivity contribution is 7.89. The van der Waals surface area contributed by atoms with Crippen LogP contribution in [0.2, 0.25) is 0 Å². The molecule has 0 saturated carbocycles. The van der Waals surface area contributed by atoms with Gasteiger partial charge in [-0.2, -0.15) is 4.31 Å². The molecule has 0 aromatic heterocycles. The van der Waals surface area contributed by atoms with Gasteiger partial charge in [0.25, 0.3) is 0 Å². The third kappa shape index (κ3) is 3.42. The first-order chi connectivity index (χ1) is 10.3. The zero-order chi connectivity index (χ0) is 16.3. The summed E-state index contributed by atoms with van der Waals surface area (Å²) in [7, 11) is -1.33. The largest absolute Gasteiger partial charge is 0.495 e. The van der Waals surface area contributed by atoms with E-state index in [2.05, 4.69) is 0 Å². The second kappa shape index (κ2) is 6.41. The second-order valence-corrected chi connectivity index (χ2v) is 6.70. The molecule has 4 nitrogen and oxygen atoms in total. The van der Waals surface area contributed by atoms with Crippen LogP contribution in [0.5, 0.6) is 5.75 Å². The lowest BCUT2D eigenvalue weighted by molar-refractivity contribution is 0.395. The Hall–Kier alpha value is -1.99. The Kier molecular flexibility index (Phi) is 4.77. The summed E-state index contributed by atoms with van der Waals surface area (Å²) in [6.07, 6.45) is 0. The number of nitrogens with zero attached hydrogens (tertiary/aromatic N) is 1. The number of rotatable bonds is 5. The topological polar surface area (TPSA) is 46.6 Å². The monoisotopic (exact) mass is 327 g/mol. The van der Waals surface area contributed by atoms with Crippen molar-refractivity contribution in [1.82, 2.24) is 4.31 Å². The fraction of sp³-hybridized carbons (Fsp3) is 0.200. The van der Waals surface area contributed by atoms with Crippen molar-refractivity contribution in [2.45, 2.75) is 11.4 Å². The van der Waals surface area contributed by atoms with Crippen molar-refractivity contribution in [3.8, 4) is 5.75 Å². The van der Waals surface area contributed by atoms with E-state index in [0.717, 1.165) is 16.4 Å². The Balaban J connectivity index is 2.35. The van der Waals surface area contributed by atoms with Crippen LogP contribution in [-0.2, 0) is 16.6 Å². The molecule has 0 aliphatic rings. The molecule has 0 atom stereocenters. The smallest absolute Gasteiger partial charge is 0.246 e. The average molecular weight is 327 g/mol. The molecule has 0 saturated heterocycles. The first kappa shape index (κ1) is 16.4. The van der Waals surface area contributed by atoms with Crippen molar-refractivity contribution in [2.24, 2.45) is 0 Å². The molecular weight excluding hydrogens is 312 g/mol. The van der Waals surface area contributed by atoms with Crippen LogP contribution >= 0.6 is 0 Å². The lowest BCUT2D eigenvalue weighted by Crippen LogP contribution is -2.27. The van der Waals surface area contributed by atoms with Gasteiger partial charge in [-0.05, 0) is 35.9 Å². The van der Waals surface area contributed by atoms with Crippen molar-refractivity contribution >= 4 is 10.0 Å². The molecule has 0 N–H and O–H groups in total. The maximum atomic E-state index is 13.4. The molecule has 118 valence electrons. The van der Waals surface area contributed by atoms with Gasteiger partial charge in [0.1, 0.15) is 22.3 Å². The van der Waals surface area contributed by atoms with E-state index >= 15 is 0 Å². The molecule has 0 amide bonds. The van der Waals surface area contributed by atoms with Gasteiger partial charge in [-0.15, -0.1) is 0 Å². The number of methoxy groups -OCH3 is 1. The zero-order valence-corrected chi connectivity index (χ0v) is 12.9. The summed E-state index contributed by atoms with van der Waals surface area (Å²) in [5.41, 5.74) is 0.487. The highest BCUT2D eigenvalue weighted by atomic mass is 32.2. The van der Waals surface area contributed by atoms with E-state index < -0.39 is 21.7 Å². The van der Waals surface area contributed by atoms with Gasteiger partial charge in [0.15, 0.2) is 0 Å². The first-order valence-electron chi connectivity index (χ1n) is 6.39. The van der Waals surface area contributed by atoms with Crippen LogP contribution in [0.25, 0.3) is 0 Å². The predicted molar refractivity (Wildman–Crippen MR) is 78.0 cm³/mol. The van der Waals surface area contributed by atoms with Crippen LogP contribution in [0.15, 0.2) is 47.4 Å². The highest BCUT2D eigenvalue weighted by Gasteiger charge is 2.25. The molecule has 0 unspecified atom stereocenters. The minimum absolute atomic E-state index is 0.0419. The fourth-order valence-electron chi connectivity index (χ4n) is 2.00. The number of benzene rings is 2. The van der Waals surface area contributed by atoms with Crippen LogP contribution in [0.3, 0.4) is 0 Å². The van der Waals surface area contributed by atoms with Crippen LogP contribution < -0.4 is 4.74 Å². The SMILES string of the molecule is COc1ccc(F)cc1S(=O)(=O)N(C)Cc1cccc(F)c1. The van der Waals surface area contributed by atoms with E-state index in [4.69, 9.17) is 4.74 Å². The zero-order valence-electron chi connectivity index (χ0n) is 12.1. The van der Waals surface area contributed by atoms with Gasteiger partial charge in [-0.1, -0.05) is 12.1 Å². The van der Waals surface area contributed by atoms with Crippen molar-refractivity contribution in [2.75, 3.05) is 14.2 Å². The maximum absolute atomic E-state index is 13.4. The van der Waals surface area contributed by atoms with Crippen molar-refractivity contribution < 1.29 is 21.9 Å². The minimum Gasteiger partial charge on any atom is -0.495 e. The molecular formula is C15H15F2NO3S. The molecule has 2 aromatic rings. The van der Waals surface area contributed by atoms with Gasteiger partial charge < -0.3 is 4.74 Å². The van der Waals surface area contributed by atoms with Gasteiger partial charge >= 0.3 is 0 Å². The molecule has 0 aliphatic heterocycles. The van der Waals surface area contributed by atoms with Gasteiger partial charge in [0, 0.05) is 13.6 Å². The summed E-state index contributed by atoms with van der Waals surface area (Å²) >= 11 is 0. The highest BCUT2D eigenvalue weighted by Crippen LogP contribution is 2.27. The maximum Gasteiger partial charge on any atom is 0.246 e. The van der Waals surface area contributed by atoms with E-state index in [9.17, 15) is 17.2 Å². The van der Waals surface area contributed by atoms with Gasteiger partial charge in [0.2, 0.25) is 10.0 Å². The van der Waals surface area contributed by atoms with Crippen LogP contribution in [0.1, 0.15) is 5.56 Å². The molecule has 0 spiro atoms. The Bertz CT molecular complexity index is 778. The lowest BCUT2D eigenvalue weighted by Gasteiger charge is -2.19. The van der Waals surface area contributed by atoms with Crippen molar-refractivity contribution in [3.05, 3.63) is 59.7 Å². The summed E-state index contributed by atoms with van der Waals surface area (Å²) in [5, 5.41) is 0. The second-order valence-electron chi connectivity index (χ2n) is 4.69. The summed E-state index contributed by atoms with van der Waals surface area (Å²) in [6.45, 7) is -0.0419. The summed E-state index contributed by atoms with van der Waals surface area (Å²) in [6, 6.07) is 8.88. The van der Waals surface area contributed by atoms with Crippen molar-refractivity contribution in [1.29, 1.82) is 0 Å². The average Bonchev–Trinajstić information content (AvgIpc) is 2.47. The lowest BCUT2D eigenvalue weighted by atomic mass is 10.2.